The van der Waals surface area contributed by atoms with E-state index in [9.17, 15) is 18.0 Å². The van der Waals surface area contributed by atoms with E-state index in [1.54, 1.807) is 0 Å². The summed E-state index contributed by atoms with van der Waals surface area (Å²) in [6, 6.07) is 0.754. The summed E-state index contributed by atoms with van der Waals surface area (Å²) in [7, 11) is 0. The second-order valence-electron chi connectivity index (χ2n) is 6.45. The predicted octanol–water partition coefficient (Wildman–Crippen LogP) is 3.16. The minimum Gasteiger partial charge on any atom is -0.475 e. The van der Waals surface area contributed by atoms with E-state index in [1.165, 1.54) is 0 Å². The van der Waals surface area contributed by atoms with Crippen molar-refractivity contribution in [3.05, 3.63) is 22.8 Å². The van der Waals surface area contributed by atoms with Gasteiger partial charge in [-0.2, -0.15) is 13.2 Å². The Bertz CT molecular complexity index is 623. The van der Waals surface area contributed by atoms with Gasteiger partial charge in [-0.15, -0.1) is 0 Å². The van der Waals surface area contributed by atoms with E-state index >= 15 is 0 Å². The lowest BCUT2D eigenvalue weighted by molar-refractivity contribution is -0.137. The van der Waals surface area contributed by atoms with Crippen molar-refractivity contribution in [1.29, 1.82) is 0 Å². The molecule has 2 rings (SSSR count). The lowest BCUT2D eigenvalue weighted by atomic mass is 9.74. The Labute approximate surface area is 149 Å². The van der Waals surface area contributed by atoms with Crippen molar-refractivity contribution < 1.29 is 22.7 Å². The van der Waals surface area contributed by atoms with Gasteiger partial charge >= 0.3 is 6.18 Å². The minimum atomic E-state index is -4.52. The number of amides is 1. The number of hydrogen-bond acceptors (Lipinski definition) is 4. The Hall–Kier alpha value is -1.54. The first-order valence-electron chi connectivity index (χ1n) is 8.03. The normalized spacial score (nSPS) is 24.0. The van der Waals surface area contributed by atoms with Crippen molar-refractivity contribution >= 4 is 17.5 Å². The highest BCUT2D eigenvalue weighted by Gasteiger charge is 2.37. The van der Waals surface area contributed by atoms with Crippen LogP contribution in [-0.2, 0) is 11.0 Å². The molecule has 0 aliphatic heterocycles. The highest BCUT2D eigenvalue weighted by atomic mass is 35.5. The quantitative estimate of drug-likeness (QED) is 0.770. The number of ether oxygens (including phenoxy) is 1. The van der Waals surface area contributed by atoms with E-state index in [1.807, 2.05) is 6.92 Å². The first-order valence-corrected chi connectivity index (χ1v) is 8.41. The van der Waals surface area contributed by atoms with Gasteiger partial charge in [0.15, 0.2) is 0 Å². The molecule has 140 valence electrons. The Morgan fingerprint density at radius 3 is 2.84 bits per heavy atom. The van der Waals surface area contributed by atoms with Gasteiger partial charge in [0.05, 0.1) is 18.0 Å². The molecule has 0 radical (unpaired) electrons. The fourth-order valence-electron chi connectivity index (χ4n) is 2.92. The van der Waals surface area contributed by atoms with Crippen LogP contribution in [0.2, 0.25) is 5.02 Å². The van der Waals surface area contributed by atoms with Crippen molar-refractivity contribution in [1.82, 2.24) is 10.3 Å². The molecule has 5 nitrogen and oxygen atoms in total. The van der Waals surface area contributed by atoms with Crippen LogP contribution in [0.3, 0.4) is 0 Å². The minimum absolute atomic E-state index is 0.0395. The number of hydrogen-bond donors (Lipinski definition) is 2. The number of carbonyl (C=O) groups is 1. The molecule has 9 heteroatoms. The number of alkyl halides is 3. The molecule has 1 amide bonds. The summed E-state index contributed by atoms with van der Waals surface area (Å²) in [4.78, 5) is 15.8. The Morgan fingerprint density at radius 1 is 1.52 bits per heavy atom. The van der Waals surface area contributed by atoms with Crippen molar-refractivity contribution in [3.63, 3.8) is 0 Å². The third-order valence-electron chi connectivity index (χ3n) is 4.35. The van der Waals surface area contributed by atoms with E-state index in [0.29, 0.717) is 6.20 Å². The standard InChI is InChI=1S/C16H21ClF3N3O2/c1-15(21)5-3-2-4-11(15)13(24)22-6-7-25-14-12(17)8-10(9-23-14)16(18,19)20/h8-9,11H,2-7,21H2,1H3,(H,22,24). The van der Waals surface area contributed by atoms with Gasteiger partial charge in [0.1, 0.15) is 11.6 Å². The van der Waals surface area contributed by atoms with Crippen molar-refractivity contribution in [2.45, 2.75) is 44.3 Å². The van der Waals surface area contributed by atoms with Crippen LogP contribution in [-0.4, -0.2) is 29.6 Å². The Balaban J connectivity index is 1.82. The zero-order valence-corrected chi connectivity index (χ0v) is 14.6. The Morgan fingerprint density at radius 2 is 2.24 bits per heavy atom. The smallest absolute Gasteiger partial charge is 0.417 e. The average molecular weight is 380 g/mol. The average Bonchev–Trinajstić information content (AvgIpc) is 2.51. The number of nitrogens with two attached hydrogens (primary N) is 1. The van der Waals surface area contributed by atoms with E-state index < -0.39 is 17.3 Å². The second kappa shape index (κ2) is 7.78. The van der Waals surface area contributed by atoms with E-state index in [-0.39, 0.29) is 35.9 Å². The fourth-order valence-corrected chi connectivity index (χ4v) is 3.14. The van der Waals surface area contributed by atoms with Crippen molar-refractivity contribution in [2.75, 3.05) is 13.2 Å². The summed E-state index contributed by atoms with van der Waals surface area (Å²) in [5.41, 5.74) is 4.70. The highest BCUT2D eigenvalue weighted by Crippen LogP contribution is 2.33. The first kappa shape index (κ1) is 19.8. The zero-order chi connectivity index (χ0) is 18.7. The van der Waals surface area contributed by atoms with Crippen LogP contribution >= 0.6 is 11.6 Å². The molecule has 0 spiro atoms. The maximum absolute atomic E-state index is 12.5. The molecule has 25 heavy (non-hydrogen) atoms. The molecule has 1 aliphatic carbocycles. The highest BCUT2D eigenvalue weighted by molar-refractivity contribution is 6.31. The fraction of sp³-hybridized carbons (Fsp3) is 0.625. The summed E-state index contributed by atoms with van der Waals surface area (Å²) in [6.07, 6.45) is -0.344. The summed E-state index contributed by atoms with van der Waals surface area (Å²) < 4.78 is 42.8. The van der Waals surface area contributed by atoms with E-state index in [0.717, 1.165) is 31.7 Å². The topological polar surface area (TPSA) is 77.2 Å². The van der Waals surface area contributed by atoms with E-state index in [2.05, 4.69) is 10.3 Å². The molecule has 1 fully saturated rings. The van der Waals surface area contributed by atoms with Gasteiger partial charge in [0.25, 0.3) is 0 Å². The predicted molar refractivity (Wildman–Crippen MR) is 87.3 cm³/mol. The summed E-state index contributed by atoms with van der Waals surface area (Å²) in [5.74, 6) is -0.501. The third-order valence-corrected chi connectivity index (χ3v) is 4.62. The molecule has 1 heterocycles. The number of aromatic nitrogens is 1. The molecule has 2 atom stereocenters. The maximum atomic E-state index is 12.5. The van der Waals surface area contributed by atoms with Crippen LogP contribution in [0.1, 0.15) is 38.2 Å². The van der Waals surface area contributed by atoms with Crippen LogP contribution < -0.4 is 15.8 Å². The lowest BCUT2D eigenvalue weighted by Gasteiger charge is -2.37. The summed E-state index contributed by atoms with van der Waals surface area (Å²) >= 11 is 5.74. The molecule has 3 N–H and O–H groups in total. The van der Waals surface area contributed by atoms with Crippen molar-refractivity contribution in [3.8, 4) is 5.88 Å². The number of carbonyl (C=O) groups excluding carboxylic acids is 1. The largest absolute Gasteiger partial charge is 0.475 e. The van der Waals surface area contributed by atoms with Gasteiger partial charge < -0.3 is 15.8 Å². The van der Waals surface area contributed by atoms with Gasteiger partial charge in [0.2, 0.25) is 11.8 Å². The Kier molecular flexibility index (Phi) is 6.16. The van der Waals surface area contributed by atoms with Gasteiger partial charge in [-0.25, -0.2) is 4.98 Å². The number of nitrogens with zero attached hydrogens (tertiary/aromatic N) is 1. The third kappa shape index (κ3) is 5.22. The summed E-state index contributed by atoms with van der Waals surface area (Å²) in [5, 5.41) is 2.51. The lowest BCUT2D eigenvalue weighted by Crippen LogP contribution is -2.53. The first-order chi connectivity index (χ1) is 11.6. The molecule has 2 unspecified atom stereocenters. The molecule has 0 aromatic carbocycles. The van der Waals surface area contributed by atoms with Crippen LogP contribution in [0.15, 0.2) is 12.3 Å². The van der Waals surface area contributed by atoms with Crippen LogP contribution in [0.25, 0.3) is 0 Å². The zero-order valence-electron chi connectivity index (χ0n) is 13.8. The molecule has 0 saturated heterocycles. The van der Waals surface area contributed by atoms with Crippen LogP contribution in [0, 0.1) is 5.92 Å². The molecular weight excluding hydrogens is 359 g/mol. The summed E-state index contributed by atoms with van der Waals surface area (Å²) in [6.45, 7) is 2.10. The van der Waals surface area contributed by atoms with Gasteiger partial charge in [-0.1, -0.05) is 24.4 Å². The van der Waals surface area contributed by atoms with Gasteiger partial charge in [0, 0.05) is 11.7 Å². The van der Waals surface area contributed by atoms with Gasteiger partial charge in [-0.05, 0) is 25.8 Å². The molecule has 1 aromatic rings. The second-order valence-corrected chi connectivity index (χ2v) is 6.86. The number of nitrogens with one attached hydrogen (secondary N) is 1. The van der Waals surface area contributed by atoms with Crippen molar-refractivity contribution in [2.24, 2.45) is 11.7 Å². The monoisotopic (exact) mass is 379 g/mol. The number of halogens is 4. The molecule has 1 saturated carbocycles. The van der Waals surface area contributed by atoms with Crippen LogP contribution in [0.5, 0.6) is 5.88 Å². The molecule has 1 aliphatic rings. The maximum Gasteiger partial charge on any atom is 0.417 e. The molecular formula is C16H21ClF3N3O2. The molecule has 0 bridgehead atoms. The number of pyridine rings is 1. The van der Waals surface area contributed by atoms with Crippen LogP contribution in [0.4, 0.5) is 13.2 Å². The number of rotatable bonds is 5. The molecule has 1 aromatic heterocycles. The van der Waals surface area contributed by atoms with Gasteiger partial charge in [-0.3, -0.25) is 4.79 Å². The van der Waals surface area contributed by atoms with E-state index in [4.69, 9.17) is 22.1 Å². The SMILES string of the molecule is CC1(N)CCCCC1C(=O)NCCOc1ncc(C(F)(F)F)cc1Cl.